The normalized spacial score (nSPS) is 15.2. The average Bonchev–Trinajstić information content (AvgIpc) is 3.06. The van der Waals surface area contributed by atoms with Crippen LogP contribution in [0, 0.1) is 0 Å². The van der Waals surface area contributed by atoms with Gasteiger partial charge in [0.05, 0.1) is 0 Å². The predicted molar refractivity (Wildman–Crippen MR) is 65.9 cm³/mol. The lowest BCUT2D eigenvalue weighted by Crippen LogP contribution is -2.03. The van der Waals surface area contributed by atoms with Gasteiger partial charge in [-0.2, -0.15) is 5.10 Å². The lowest BCUT2D eigenvalue weighted by molar-refractivity contribution is 0.663. The highest BCUT2D eigenvalue weighted by atomic mass is 35.5. The number of aryl methyl sites for hydroxylation is 1. The van der Waals surface area contributed by atoms with Gasteiger partial charge in [0.25, 0.3) is 0 Å². The standard InChI is InChI=1S/C12H13ClN4/c1-2-17-10(5-6-14-17)12-15-9(8-3-4-8)7-11(13)16-12/h5-8H,2-4H2,1H3. The van der Waals surface area contributed by atoms with E-state index in [1.807, 2.05) is 23.7 Å². The SMILES string of the molecule is CCn1nccc1-c1nc(Cl)cc(C2CC2)n1. The Labute approximate surface area is 105 Å². The van der Waals surface area contributed by atoms with E-state index < -0.39 is 0 Å². The van der Waals surface area contributed by atoms with E-state index >= 15 is 0 Å². The summed E-state index contributed by atoms with van der Waals surface area (Å²) in [5, 5.41) is 4.74. The molecule has 0 radical (unpaired) electrons. The first kappa shape index (κ1) is 10.7. The van der Waals surface area contributed by atoms with E-state index in [9.17, 15) is 0 Å². The molecule has 2 aromatic heterocycles. The smallest absolute Gasteiger partial charge is 0.179 e. The van der Waals surface area contributed by atoms with Gasteiger partial charge < -0.3 is 0 Å². The van der Waals surface area contributed by atoms with Crippen molar-refractivity contribution < 1.29 is 0 Å². The Balaban J connectivity index is 2.07. The maximum absolute atomic E-state index is 6.05. The van der Waals surface area contributed by atoms with Crippen LogP contribution in [0.15, 0.2) is 18.3 Å². The van der Waals surface area contributed by atoms with Gasteiger partial charge in [-0.15, -0.1) is 0 Å². The summed E-state index contributed by atoms with van der Waals surface area (Å²) in [6, 6.07) is 3.79. The molecule has 0 saturated heterocycles. The molecule has 0 aliphatic heterocycles. The van der Waals surface area contributed by atoms with E-state index in [0.29, 0.717) is 16.9 Å². The summed E-state index contributed by atoms with van der Waals surface area (Å²) in [5.41, 5.74) is 1.99. The van der Waals surface area contributed by atoms with Crippen LogP contribution in [0.5, 0.6) is 0 Å². The molecule has 1 aliphatic carbocycles. The molecule has 0 atom stereocenters. The highest BCUT2D eigenvalue weighted by molar-refractivity contribution is 6.29. The number of hydrogen-bond acceptors (Lipinski definition) is 3. The molecule has 2 aromatic rings. The number of rotatable bonds is 3. The molecule has 0 spiro atoms. The molecule has 0 aromatic carbocycles. The maximum Gasteiger partial charge on any atom is 0.179 e. The second kappa shape index (κ2) is 4.11. The van der Waals surface area contributed by atoms with Crippen molar-refractivity contribution in [2.75, 3.05) is 0 Å². The minimum Gasteiger partial charge on any atom is -0.262 e. The van der Waals surface area contributed by atoms with E-state index in [-0.39, 0.29) is 0 Å². The minimum atomic E-state index is 0.515. The van der Waals surface area contributed by atoms with Crippen LogP contribution < -0.4 is 0 Å². The Morgan fingerprint density at radius 3 is 2.94 bits per heavy atom. The van der Waals surface area contributed by atoms with Crippen LogP contribution in [0.4, 0.5) is 0 Å². The van der Waals surface area contributed by atoms with Crippen LogP contribution >= 0.6 is 11.6 Å². The zero-order valence-electron chi connectivity index (χ0n) is 9.60. The Hall–Kier alpha value is -1.42. The fourth-order valence-corrected chi connectivity index (χ4v) is 2.10. The number of halogens is 1. The fraction of sp³-hybridized carbons (Fsp3) is 0.417. The van der Waals surface area contributed by atoms with Crippen molar-refractivity contribution >= 4 is 11.6 Å². The maximum atomic E-state index is 6.05. The molecule has 1 aliphatic rings. The quantitative estimate of drug-likeness (QED) is 0.785. The molecule has 2 heterocycles. The largest absolute Gasteiger partial charge is 0.262 e. The number of nitrogens with zero attached hydrogens (tertiary/aromatic N) is 4. The highest BCUT2D eigenvalue weighted by Crippen LogP contribution is 2.40. The lowest BCUT2D eigenvalue weighted by Gasteiger charge is -2.06. The van der Waals surface area contributed by atoms with Crippen molar-refractivity contribution in [2.45, 2.75) is 32.2 Å². The van der Waals surface area contributed by atoms with Gasteiger partial charge in [0.1, 0.15) is 10.8 Å². The van der Waals surface area contributed by atoms with Gasteiger partial charge in [-0.25, -0.2) is 9.97 Å². The third-order valence-corrected chi connectivity index (χ3v) is 3.15. The van der Waals surface area contributed by atoms with E-state index in [1.54, 1.807) is 6.20 Å². The zero-order chi connectivity index (χ0) is 11.8. The first-order valence-corrected chi connectivity index (χ1v) is 6.22. The number of hydrogen-bond donors (Lipinski definition) is 0. The molecule has 5 heteroatoms. The summed E-state index contributed by atoms with van der Waals surface area (Å²) < 4.78 is 1.88. The van der Waals surface area contributed by atoms with Crippen LogP contribution in [0.1, 0.15) is 31.4 Å². The molecular weight excluding hydrogens is 236 g/mol. The molecule has 3 rings (SSSR count). The molecule has 0 bridgehead atoms. The molecule has 4 nitrogen and oxygen atoms in total. The Morgan fingerprint density at radius 2 is 2.24 bits per heavy atom. The zero-order valence-corrected chi connectivity index (χ0v) is 10.4. The van der Waals surface area contributed by atoms with Crippen molar-refractivity contribution in [1.29, 1.82) is 0 Å². The van der Waals surface area contributed by atoms with Gasteiger partial charge >= 0.3 is 0 Å². The molecule has 1 fully saturated rings. The molecule has 0 unspecified atom stereocenters. The van der Waals surface area contributed by atoms with Crippen molar-refractivity contribution in [1.82, 2.24) is 19.7 Å². The summed E-state index contributed by atoms with van der Waals surface area (Å²) in [7, 11) is 0. The lowest BCUT2D eigenvalue weighted by atomic mass is 10.2. The molecule has 1 saturated carbocycles. The van der Waals surface area contributed by atoms with Gasteiger partial charge in [-0.05, 0) is 31.9 Å². The summed E-state index contributed by atoms with van der Waals surface area (Å²) in [4.78, 5) is 8.88. The topological polar surface area (TPSA) is 43.6 Å². The molecular formula is C12H13ClN4. The second-order valence-corrected chi connectivity index (χ2v) is 4.63. The summed E-state index contributed by atoms with van der Waals surface area (Å²) in [6.45, 7) is 2.85. The minimum absolute atomic E-state index is 0.515. The van der Waals surface area contributed by atoms with E-state index in [1.165, 1.54) is 12.8 Å². The molecule has 0 amide bonds. The van der Waals surface area contributed by atoms with Crippen LogP contribution in [-0.2, 0) is 6.54 Å². The van der Waals surface area contributed by atoms with Crippen LogP contribution in [-0.4, -0.2) is 19.7 Å². The van der Waals surface area contributed by atoms with E-state index in [2.05, 4.69) is 15.1 Å². The number of aromatic nitrogens is 4. The Morgan fingerprint density at radius 1 is 1.41 bits per heavy atom. The first-order valence-electron chi connectivity index (χ1n) is 5.84. The van der Waals surface area contributed by atoms with Crippen LogP contribution in [0.3, 0.4) is 0 Å². The van der Waals surface area contributed by atoms with E-state index in [4.69, 9.17) is 11.6 Å². The second-order valence-electron chi connectivity index (χ2n) is 4.25. The Bertz CT molecular complexity index is 545. The summed E-state index contributed by atoms with van der Waals surface area (Å²) in [6.07, 6.45) is 4.18. The van der Waals surface area contributed by atoms with Crippen molar-refractivity contribution in [3.8, 4) is 11.5 Å². The van der Waals surface area contributed by atoms with Crippen molar-refractivity contribution in [2.24, 2.45) is 0 Å². The highest BCUT2D eigenvalue weighted by Gasteiger charge is 2.26. The third kappa shape index (κ3) is 2.05. The van der Waals surface area contributed by atoms with Gasteiger partial charge in [-0.3, -0.25) is 4.68 Å². The van der Waals surface area contributed by atoms with Crippen LogP contribution in [0.2, 0.25) is 5.15 Å². The van der Waals surface area contributed by atoms with Gasteiger partial charge in [0.15, 0.2) is 5.82 Å². The Kier molecular flexibility index (Phi) is 2.59. The van der Waals surface area contributed by atoms with Gasteiger partial charge in [-0.1, -0.05) is 11.6 Å². The van der Waals surface area contributed by atoms with Gasteiger partial charge in [0.2, 0.25) is 0 Å². The van der Waals surface area contributed by atoms with Crippen molar-refractivity contribution in [3.63, 3.8) is 0 Å². The summed E-state index contributed by atoms with van der Waals surface area (Å²) in [5.74, 6) is 1.26. The molecule has 88 valence electrons. The van der Waals surface area contributed by atoms with Gasteiger partial charge in [0, 0.05) is 24.4 Å². The predicted octanol–water partition coefficient (Wildman–Crippen LogP) is 2.89. The van der Waals surface area contributed by atoms with Crippen LogP contribution in [0.25, 0.3) is 11.5 Å². The summed E-state index contributed by atoms with van der Waals surface area (Å²) >= 11 is 6.05. The first-order chi connectivity index (χ1) is 8.28. The third-order valence-electron chi connectivity index (χ3n) is 2.96. The average molecular weight is 249 g/mol. The van der Waals surface area contributed by atoms with E-state index in [0.717, 1.165) is 17.9 Å². The molecule has 17 heavy (non-hydrogen) atoms. The monoisotopic (exact) mass is 248 g/mol. The molecule has 0 N–H and O–H groups in total. The fourth-order valence-electron chi connectivity index (χ4n) is 1.91. The van der Waals surface area contributed by atoms with Crippen molar-refractivity contribution in [3.05, 3.63) is 29.2 Å².